The lowest BCUT2D eigenvalue weighted by Crippen LogP contribution is -2.51. The van der Waals surface area contributed by atoms with Gasteiger partial charge >= 0.3 is 0 Å². The van der Waals surface area contributed by atoms with Crippen molar-refractivity contribution in [1.82, 2.24) is 5.32 Å². The van der Waals surface area contributed by atoms with Crippen molar-refractivity contribution >= 4 is 11.8 Å². The number of nitrogens with one attached hydrogen (secondary N) is 1. The van der Waals surface area contributed by atoms with Crippen molar-refractivity contribution < 1.29 is 0 Å². The monoisotopic (exact) mass is 186 g/mol. The van der Waals surface area contributed by atoms with E-state index in [9.17, 15) is 0 Å². The van der Waals surface area contributed by atoms with Crippen molar-refractivity contribution in [1.29, 1.82) is 0 Å². The summed E-state index contributed by atoms with van der Waals surface area (Å²) < 4.78 is 0. The number of hydrogen-bond donors (Lipinski definition) is 2. The van der Waals surface area contributed by atoms with Gasteiger partial charge in [0.1, 0.15) is 0 Å². The molecule has 0 bridgehead atoms. The third-order valence-corrected chi connectivity index (χ3v) is 3.79. The van der Waals surface area contributed by atoms with Crippen LogP contribution in [0.3, 0.4) is 0 Å². The maximum absolute atomic E-state index is 5.76. The maximum Gasteiger partial charge on any atom is 0.0408 e. The van der Waals surface area contributed by atoms with Crippen LogP contribution in [0.2, 0.25) is 0 Å². The molecular formula is C9H18N2S. The van der Waals surface area contributed by atoms with E-state index in [1.165, 1.54) is 6.42 Å². The van der Waals surface area contributed by atoms with E-state index in [1.54, 1.807) is 0 Å². The van der Waals surface area contributed by atoms with Gasteiger partial charge in [-0.3, -0.25) is 0 Å². The molecule has 0 saturated carbocycles. The third kappa shape index (κ3) is 2.25. The topological polar surface area (TPSA) is 38.0 Å². The molecule has 2 nitrogen and oxygen atoms in total. The molecular weight excluding hydrogens is 168 g/mol. The summed E-state index contributed by atoms with van der Waals surface area (Å²) in [4.78, 5) is 0. The predicted octanol–water partition coefficient (Wildman–Crippen LogP) is 0.985. The summed E-state index contributed by atoms with van der Waals surface area (Å²) in [6, 6.07) is 0. The zero-order chi connectivity index (χ0) is 9.03. The number of hydrogen-bond acceptors (Lipinski definition) is 3. The summed E-state index contributed by atoms with van der Waals surface area (Å²) in [5, 5.41) is 4.20. The minimum atomic E-state index is 0.179. The highest BCUT2D eigenvalue weighted by molar-refractivity contribution is 8.00. The normalized spacial score (nSPS) is 35.3. The highest BCUT2D eigenvalue weighted by Crippen LogP contribution is 2.33. The molecule has 0 aliphatic carbocycles. The predicted molar refractivity (Wildman–Crippen MR) is 56.5 cm³/mol. The minimum Gasteiger partial charge on any atom is -0.329 e. The lowest BCUT2D eigenvalue weighted by atomic mass is 9.96. The van der Waals surface area contributed by atoms with Crippen LogP contribution < -0.4 is 11.1 Å². The number of rotatable bonds is 4. The lowest BCUT2D eigenvalue weighted by molar-refractivity contribution is 0.377. The van der Waals surface area contributed by atoms with Gasteiger partial charge in [0.2, 0.25) is 0 Å². The van der Waals surface area contributed by atoms with Gasteiger partial charge in [0.25, 0.3) is 0 Å². The van der Waals surface area contributed by atoms with Gasteiger partial charge in [-0.1, -0.05) is 13.0 Å². The van der Waals surface area contributed by atoms with Gasteiger partial charge in [-0.25, -0.2) is 0 Å². The SMILES string of the molecule is C=CCNC1(CN)CSC(C)C1. The highest BCUT2D eigenvalue weighted by atomic mass is 32.2. The Bertz CT molecular complexity index is 161. The van der Waals surface area contributed by atoms with Crippen LogP contribution in [0.1, 0.15) is 13.3 Å². The summed E-state index contributed by atoms with van der Waals surface area (Å²) in [5.41, 5.74) is 5.94. The molecule has 3 heteroatoms. The maximum atomic E-state index is 5.76. The van der Waals surface area contributed by atoms with E-state index in [0.717, 1.165) is 24.1 Å². The van der Waals surface area contributed by atoms with Crippen LogP contribution in [-0.4, -0.2) is 29.6 Å². The van der Waals surface area contributed by atoms with Crippen LogP contribution in [-0.2, 0) is 0 Å². The van der Waals surface area contributed by atoms with Gasteiger partial charge in [-0.15, -0.1) is 6.58 Å². The van der Waals surface area contributed by atoms with Crippen LogP contribution in [0.25, 0.3) is 0 Å². The molecule has 1 saturated heterocycles. The Morgan fingerprint density at radius 2 is 2.58 bits per heavy atom. The van der Waals surface area contributed by atoms with Crippen molar-refractivity contribution in [3.05, 3.63) is 12.7 Å². The Kier molecular flexibility index (Phi) is 3.62. The Labute approximate surface area is 79.0 Å². The molecule has 1 heterocycles. The van der Waals surface area contributed by atoms with E-state index in [2.05, 4.69) is 18.8 Å². The van der Waals surface area contributed by atoms with Crippen LogP contribution in [0.5, 0.6) is 0 Å². The van der Waals surface area contributed by atoms with Crippen LogP contribution >= 0.6 is 11.8 Å². The largest absolute Gasteiger partial charge is 0.329 e. The molecule has 1 fully saturated rings. The van der Waals surface area contributed by atoms with Gasteiger partial charge in [0, 0.05) is 29.6 Å². The molecule has 2 atom stereocenters. The molecule has 70 valence electrons. The fourth-order valence-corrected chi connectivity index (χ4v) is 2.97. The zero-order valence-electron chi connectivity index (χ0n) is 7.68. The molecule has 1 aliphatic heterocycles. The number of thioether (sulfide) groups is 1. The first kappa shape index (κ1) is 10.1. The van der Waals surface area contributed by atoms with Crippen molar-refractivity contribution in [2.24, 2.45) is 5.73 Å². The molecule has 0 aromatic rings. The molecule has 0 amide bonds. The molecule has 0 spiro atoms. The molecule has 1 aliphatic rings. The molecule has 2 unspecified atom stereocenters. The molecule has 3 N–H and O–H groups in total. The van der Waals surface area contributed by atoms with Crippen LogP contribution in [0.15, 0.2) is 12.7 Å². The summed E-state index contributed by atoms with van der Waals surface area (Å²) in [7, 11) is 0. The average molecular weight is 186 g/mol. The third-order valence-electron chi connectivity index (χ3n) is 2.33. The Morgan fingerprint density at radius 1 is 1.83 bits per heavy atom. The highest BCUT2D eigenvalue weighted by Gasteiger charge is 2.35. The first-order valence-corrected chi connectivity index (χ1v) is 5.45. The summed E-state index contributed by atoms with van der Waals surface area (Å²) in [5.74, 6) is 1.14. The van der Waals surface area contributed by atoms with Crippen molar-refractivity contribution in [2.45, 2.75) is 24.1 Å². The number of nitrogens with two attached hydrogens (primary N) is 1. The quantitative estimate of drug-likeness (QED) is 0.643. The summed E-state index contributed by atoms with van der Waals surface area (Å²) >= 11 is 2.00. The van der Waals surface area contributed by atoms with Gasteiger partial charge in [0.05, 0.1) is 0 Å². The lowest BCUT2D eigenvalue weighted by Gasteiger charge is -2.27. The minimum absolute atomic E-state index is 0.179. The second kappa shape index (κ2) is 4.30. The standard InChI is InChI=1S/C9H18N2S/c1-3-4-11-9(6-10)5-8(2)12-7-9/h3,8,11H,1,4-7,10H2,2H3. The zero-order valence-corrected chi connectivity index (χ0v) is 8.49. The van der Waals surface area contributed by atoms with Crippen LogP contribution in [0, 0.1) is 0 Å². The Balaban J connectivity index is 2.46. The van der Waals surface area contributed by atoms with E-state index in [4.69, 9.17) is 5.73 Å². The smallest absolute Gasteiger partial charge is 0.0408 e. The molecule has 0 radical (unpaired) electrons. The van der Waals surface area contributed by atoms with Gasteiger partial charge < -0.3 is 11.1 Å². The summed E-state index contributed by atoms with van der Waals surface area (Å²) in [6.45, 7) is 7.56. The molecule has 0 aromatic carbocycles. The van der Waals surface area contributed by atoms with Crippen molar-refractivity contribution in [2.75, 3.05) is 18.8 Å². The second-order valence-electron chi connectivity index (χ2n) is 3.48. The second-order valence-corrected chi connectivity index (χ2v) is 4.91. The van der Waals surface area contributed by atoms with E-state index < -0.39 is 0 Å². The fourth-order valence-electron chi connectivity index (χ4n) is 1.60. The van der Waals surface area contributed by atoms with E-state index in [1.807, 2.05) is 17.8 Å². The van der Waals surface area contributed by atoms with E-state index in [0.29, 0.717) is 0 Å². The van der Waals surface area contributed by atoms with Gasteiger partial charge in [-0.2, -0.15) is 11.8 Å². The van der Waals surface area contributed by atoms with E-state index in [-0.39, 0.29) is 5.54 Å². The molecule has 0 aromatic heterocycles. The average Bonchev–Trinajstić information content (AvgIpc) is 2.45. The molecule has 1 rings (SSSR count). The fraction of sp³-hybridized carbons (Fsp3) is 0.778. The van der Waals surface area contributed by atoms with Gasteiger partial charge in [-0.05, 0) is 6.42 Å². The molecule has 12 heavy (non-hydrogen) atoms. The van der Waals surface area contributed by atoms with Crippen LogP contribution in [0.4, 0.5) is 0 Å². The Hall–Kier alpha value is 0.0100. The summed E-state index contributed by atoms with van der Waals surface area (Å²) in [6.07, 6.45) is 3.08. The van der Waals surface area contributed by atoms with Crippen molar-refractivity contribution in [3.63, 3.8) is 0 Å². The Morgan fingerprint density at radius 3 is 3.00 bits per heavy atom. The van der Waals surface area contributed by atoms with Crippen molar-refractivity contribution in [3.8, 4) is 0 Å². The first-order valence-electron chi connectivity index (χ1n) is 4.40. The van der Waals surface area contributed by atoms with E-state index >= 15 is 0 Å². The van der Waals surface area contributed by atoms with Gasteiger partial charge in [0.15, 0.2) is 0 Å². The first-order chi connectivity index (χ1) is 5.72.